The maximum absolute atomic E-state index is 13.7. The lowest BCUT2D eigenvalue weighted by Gasteiger charge is -2.15. The van der Waals surface area contributed by atoms with Crippen molar-refractivity contribution < 1.29 is 13.2 Å². The van der Waals surface area contributed by atoms with Crippen molar-refractivity contribution in [2.75, 3.05) is 0 Å². The molecule has 0 aliphatic heterocycles. The van der Waals surface area contributed by atoms with Gasteiger partial charge in [-0.3, -0.25) is 0 Å². The van der Waals surface area contributed by atoms with Gasteiger partial charge in [0.1, 0.15) is 0 Å². The van der Waals surface area contributed by atoms with E-state index in [1.165, 1.54) is 6.07 Å². The summed E-state index contributed by atoms with van der Waals surface area (Å²) in [6, 6.07) is 9.27. The Kier molecular flexibility index (Phi) is 4.68. The van der Waals surface area contributed by atoms with Crippen molar-refractivity contribution in [1.82, 2.24) is 0 Å². The molecule has 0 aromatic heterocycles. The summed E-state index contributed by atoms with van der Waals surface area (Å²) in [5, 5.41) is 0. The maximum Gasteiger partial charge on any atom is 0.195 e. The Bertz CT molecular complexity index is 621. The molecule has 0 radical (unpaired) electrons. The first-order valence-electron chi connectivity index (χ1n) is 6.88. The van der Waals surface area contributed by atoms with Gasteiger partial charge in [-0.15, -0.1) is 0 Å². The molecule has 0 aliphatic carbocycles. The zero-order valence-electron chi connectivity index (χ0n) is 12.0. The third kappa shape index (κ3) is 3.45. The summed E-state index contributed by atoms with van der Waals surface area (Å²) in [6.07, 6.45) is 0.720. The van der Waals surface area contributed by atoms with E-state index in [4.69, 9.17) is 5.73 Å². The second-order valence-electron chi connectivity index (χ2n) is 5.53. The van der Waals surface area contributed by atoms with Gasteiger partial charge in [0, 0.05) is 11.6 Å². The monoisotopic (exact) mass is 293 g/mol. The number of halogens is 3. The minimum atomic E-state index is -1.45. The van der Waals surface area contributed by atoms with Gasteiger partial charge in [-0.05, 0) is 35.6 Å². The van der Waals surface area contributed by atoms with E-state index in [9.17, 15) is 13.2 Å². The lowest BCUT2D eigenvalue weighted by atomic mass is 9.95. The molecule has 2 aromatic carbocycles. The van der Waals surface area contributed by atoms with Crippen LogP contribution in [0.2, 0.25) is 0 Å². The van der Waals surface area contributed by atoms with E-state index in [0.29, 0.717) is 11.5 Å². The van der Waals surface area contributed by atoms with Gasteiger partial charge in [0.05, 0.1) is 0 Å². The lowest BCUT2D eigenvalue weighted by molar-refractivity contribution is 0.449. The van der Waals surface area contributed by atoms with Gasteiger partial charge in [0.25, 0.3) is 0 Å². The molecule has 1 atom stereocenters. The van der Waals surface area contributed by atoms with Crippen LogP contribution in [-0.4, -0.2) is 6.04 Å². The molecule has 2 rings (SSSR count). The van der Waals surface area contributed by atoms with Crippen LogP contribution in [0.1, 0.15) is 19.4 Å². The fourth-order valence-electron chi connectivity index (χ4n) is 2.08. The Balaban J connectivity index is 2.25. The number of nitrogens with two attached hydrogens (primary N) is 1. The number of rotatable bonds is 4. The van der Waals surface area contributed by atoms with E-state index < -0.39 is 17.5 Å². The quantitative estimate of drug-likeness (QED) is 0.836. The number of hydrogen-bond acceptors (Lipinski definition) is 1. The molecule has 4 heteroatoms. The van der Waals surface area contributed by atoms with Gasteiger partial charge in [-0.1, -0.05) is 38.1 Å². The molecule has 0 saturated heterocycles. The molecular formula is C17H18F3N. The third-order valence-corrected chi connectivity index (χ3v) is 3.63. The summed E-state index contributed by atoms with van der Waals surface area (Å²) < 4.78 is 39.9. The highest BCUT2D eigenvalue weighted by Crippen LogP contribution is 2.26. The molecule has 2 aromatic rings. The summed E-state index contributed by atoms with van der Waals surface area (Å²) in [7, 11) is 0. The predicted molar refractivity (Wildman–Crippen MR) is 78.3 cm³/mol. The van der Waals surface area contributed by atoms with Crippen LogP contribution in [0, 0.1) is 23.4 Å². The van der Waals surface area contributed by atoms with E-state index in [1.54, 1.807) is 12.1 Å². The highest BCUT2D eigenvalue weighted by molar-refractivity contribution is 5.64. The van der Waals surface area contributed by atoms with Crippen molar-refractivity contribution in [3.63, 3.8) is 0 Å². The van der Waals surface area contributed by atoms with Crippen LogP contribution in [0.15, 0.2) is 36.4 Å². The Labute approximate surface area is 122 Å². The summed E-state index contributed by atoms with van der Waals surface area (Å²) >= 11 is 0. The molecule has 112 valence electrons. The summed E-state index contributed by atoms with van der Waals surface area (Å²) in [5.74, 6) is -3.43. The summed E-state index contributed by atoms with van der Waals surface area (Å²) in [4.78, 5) is 0. The van der Waals surface area contributed by atoms with E-state index >= 15 is 0 Å². The van der Waals surface area contributed by atoms with Crippen molar-refractivity contribution in [3.8, 4) is 11.1 Å². The van der Waals surface area contributed by atoms with Crippen molar-refractivity contribution in [3.05, 3.63) is 59.4 Å². The lowest BCUT2D eigenvalue weighted by Crippen LogP contribution is -2.28. The summed E-state index contributed by atoms with van der Waals surface area (Å²) in [6.45, 7) is 4.10. The standard InChI is InChI=1S/C17H18F3N/c1-10(2)15(21)9-11-3-5-12(6-4-11)13-7-8-14(18)17(20)16(13)19/h3-8,10,15H,9,21H2,1-2H3. The van der Waals surface area contributed by atoms with Crippen molar-refractivity contribution in [2.45, 2.75) is 26.3 Å². The highest BCUT2D eigenvalue weighted by atomic mass is 19.2. The molecule has 1 unspecified atom stereocenters. The fraction of sp³-hybridized carbons (Fsp3) is 0.294. The average Bonchev–Trinajstić information content (AvgIpc) is 2.46. The smallest absolute Gasteiger partial charge is 0.195 e. The van der Waals surface area contributed by atoms with Gasteiger partial charge < -0.3 is 5.73 Å². The minimum absolute atomic E-state index is 0.0496. The van der Waals surface area contributed by atoms with Crippen molar-refractivity contribution in [1.29, 1.82) is 0 Å². The van der Waals surface area contributed by atoms with E-state index in [2.05, 4.69) is 13.8 Å². The van der Waals surface area contributed by atoms with Gasteiger partial charge in [-0.25, -0.2) is 13.2 Å². The maximum atomic E-state index is 13.7. The minimum Gasteiger partial charge on any atom is -0.327 e. The molecule has 0 saturated carbocycles. The molecule has 21 heavy (non-hydrogen) atoms. The van der Waals surface area contributed by atoms with Gasteiger partial charge >= 0.3 is 0 Å². The van der Waals surface area contributed by atoms with E-state index in [1.807, 2.05) is 12.1 Å². The molecule has 0 fully saturated rings. The molecule has 2 N–H and O–H groups in total. The Hall–Kier alpha value is -1.81. The molecular weight excluding hydrogens is 275 g/mol. The average molecular weight is 293 g/mol. The summed E-state index contributed by atoms with van der Waals surface area (Å²) in [5.41, 5.74) is 7.59. The van der Waals surface area contributed by atoms with Gasteiger partial charge in [0.15, 0.2) is 17.5 Å². The van der Waals surface area contributed by atoms with Crippen LogP contribution in [0.5, 0.6) is 0 Å². The van der Waals surface area contributed by atoms with Crippen molar-refractivity contribution >= 4 is 0 Å². The van der Waals surface area contributed by atoms with Crippen LogP contribution in [-0.2, 0) is 6.42 Å². The second-order valence-corrected chi connectivity index (χ2v) is 5.53. The number of benzene rings is 2. The molecule has 0 amide bonds. The Morgan fingerprint density at radius 1 is 0.905 bits per heavy atom. The van der Waals surface area contributed by atoms with Crippen LogP contribution in [0.4, 0.5) is 13.2 Å². The van der Waals surface area contributed by atoms with Crippen LogP contribution < -0.4 is 5.73 Å². The van der Waals surface area contributed by atoms with Crippen LogP contribution in [0.25, 0.3) is 11.1 Å². The topological polar surface area (TPSA) is 26.0 Å². The van der Waals surface area contributed by atoms with Crippen LogP contribution >= 0.6 is 0 Å². The van der Waals surface area contributed by atoms with E-state index in [-0.39, 0.29) is 11.6 Å². The number of hydrogen-bond donors (Lipinski definition) is 1. The molecule has 0 bridgehead atoms. The molecule has 0 heterocycles. The zero-order chi connectivity index (χ0) is 15.6. The predicted octanol–water partition coefficient (Wildman–Crippen LogP) is 4.30. The second kappa shape index (κ2) is 6.31. The Morgan fingerprint density at radius 2 is 1.52 bits per heavy atom. The first-order chi connectivity index (χ1) is 9.90. The first-order valence-corrected chi connectivity index (χ1v) is 6.88. The molecule has 0 spiro atoms. The largest absolute Gasteiger partial charge is 0.327 e. The zero-order valence-corrected chi connectivity index (χ0v) is 12.0. The SMILES string of the molecule is CC(C)C(N)Cc1ccc(-c2ccc(F)c(F)c2F)cc1. The van der Waals surface area contributed by atoms with E-state index in [0.717, 1.165) is 18.1 Å². The van der Waals surface area contributed by atoms with Crippen LogP contribution in [0.3, 0.4) is 0 Å². The highest BCUT2D eigenvalue weighted by Gasteiger charge is 2.15. The van der Waals surface area contributed by atoms with Gasteiger partial charge in [-0.2, -0.15) is 0 Å². The first kappa shape index (κ1) is 15.6. The van der Waals surface area contributed by atoms with Crippen molar-refractivity contribution in [2.24, 2.45) is 11.7 Å². The molecule has 0 aliphatic rings. The third-order valence-electron chi connectivity index (χ3n) is 3.63. The molecule has 1 nitrogen and oxygen atoms in total. The fourth-order valence-corrected chi connectivity index (χ4v) is 2.08. The Morgan fingerprint density at radius 3 is 2.10 bits per heavy atom. The normalized spacial score (nSPS) is 12.7. The van der Waals surface area contributed by atoms with Gasteiger partial charge in [0.2, 0.25) is 0 Å².